The van der Waals surface area contributed by atoms with Gasteiger partial charge in [-0.3, -0.25) is 9.59 Å². The van der Waals surface area contributed by atoms with Crippen molar-refractivity contribution in [2.24, 2.45) is 0 Å². The van der Waals surface area contributed by atoms with E-state index in [2.05, 4.69) is 9.84 Å². The van der Waals surface area contributed by atoms with Crippen LogP contribution >= 0.6 is 11.6 Å². The molecule has 2 heterocycles. The molecule has 0 aliphatic carbocycles. The van der Waals surface area contributed by atoms with Crippen LogP contribution in [-0.4, -0.2) is 52.4 Å². The van der Waals surface area contributed by atoms with Crippen molar-refractivity contribution < 1.29 is 31.9 Å². The molecule has 0 bridgehead atoms. The van der Waals surface area contributed by atoms with Crippen molar-refractivity contribution in [3.8, 4) is 17.1 Å². The van der Waals surface area contributed by atoms with E-state index in [1.165, 1.54) is 23.9 Å². The van der Waals surface area contributed by atoms with Gasteiger partial charge in [-0.2, -0.15) is 18.3 Å². The van der Waals surface area contributed by atoms with Gasteiger partial charge >= 0.3 is 12.1 Å². The lowest BCUT2D eigenvalue weighted by Crippen LogP contribution is -2.42. The third kappa shape index (κ3) is 5.66. The minimum atomic E-state index is -4.72. The zero-order valence-electron chi connectivity index (χ0n) is 16.2. The van der Waals surface area contributed by atoms with E-state index in [0.29, 0.717) is 27.1 Å². The summed E-state index contributed by atoms with van der Waals surface area (Å²) >= 11 is 6.04. The van der Waals surface area contributed by atoms with Gasteiger partial charge in [-0.25, -0.2) is 4.68 Å². The van der Waals surface area contributed by atoms with Crippen LogP contribution in [0.2, 0.25) is 5.02 Å². The van der Waals surface area contributed by atoms with Gasteiger partial charge in [0.2, 0.25) is 0 Å². The van der Waals surface area contributed by atoms with Crippen LogP contribution in [-0.2, 0) is 9.53 Å². The molecule has 0 atom stereocenters. The molecule has 0 unspecified atom stereocenters. The molecule has 0 aliphatic rings. The van der Waals surface area contributed by atoms with Gasteiger partial charge in [0, 0.05) is 11.1 Å². The smallest absolute Gasteiger partial charge is 0.406 e. The molecule has 31 heavy (non-hydrogen) atoms. The van der Waals surface area contributed by atoms with Crippen LogP contribution in [0.4, 0.5) is 13.2 Å². The molecule has 7 nitrogen and oxygen atoms in total. The summed E-state index contributed by atoms with van der Waals surface area (Å²) in [6.45, 7) is -1.02. The Balaban J connectivity index is 2.02. The van der Waals surface area contributed by atoms with Gasteiger partial charge in [0.15, 0.2) is 11.5 Å². The van der Waals surface area contributed by atoms with Crippen molar-refractivity contribution in [2.75, 3.05) is 19.7 Å². The average molecular weight is 456 g/mol. The summed E-state index contributed by atoms with van der Waals surface area (Å²) in [5.41, 5.74) is 0.476. The van der Waals surface area contributed by atoms with Gasteiger partial charge in [0.05, 0.1) is 18.6 Å². The van der Waals surface area contributed by atoms with Gasteiger partial charge in [0.1, 0.15) is 18.8 Å². The van der Waals surface area contributed by atoms with Crippen LogP contribution in [0.5, 0.6) is 0 Å². The second kappa shape index (κ2) is 9.25. The first-order valence-corrected chi connectivity index (χ1v) is 9.47. The maximum absolute atomic E-state index is 13.0. The molecule has 164 valence electrons. The van der Waals surface area contributed by atoms with E-state index < -0.39 is 31.1 Å². The SMILES string of the molecule is CCOC(=O)CN(CC(F)(F)F)C(=O)c1cc(-c2ccco2)n(-c2cccc(Cl)c2)n1. The van der Waals surface area contributed by atoms with E-state index in [1.807, 2.05) is 0 Å². The number of rotatable bonds is 7. The lowest BCUT2D eigenvalue weighted by atomic mass is 10.2. The van der Waals surface area contributed by atoms with E-state index in [0.717, 1.165) is 0 Å². The van der Waals surface area contributed by atoms with Crippen molar-refractivity contribution in [3.63, 3.8) is 0 Å². The Bertz CT molecular complexity index is 1060. The number of esters is 1. The molecule has 0 saturated heterocycles. The molecular formula is C20H17ClF3N3O4. The Morgan fingerprint density at radius 3 is 2.61 bits per heavy atom. The van der Waals surface area contributed by atoms with E-state index in [4.69, 9.17) is 16.0 Å². The fourth-order valence-corrected chi connectivity index (χ4v) is 3.02. The number of carbonyl (C=O) groups excluding carboxylic acids is 2. The third-order valence-electron chi connectivity index (χ3n) is 4.04. The van der Waals surface area contributed by atoms with Crippen molar-refractivity contribution in [1.82, 2.24) is 14.7 Å². The molecule has 1 aromatic carbocycles. The van der Waals surface area contributed by atoms with Gasteiger partial charge in [-0.15, -0.1) is 0 Å². The maximum atomic E-state index is 13.0. The molecule has 3 aromatic rings. The Hall–Kier alpha value is -3.27. The number of hydrogen-bond acceptors (Lipinski definition) is 5. The van der Waals surface area contributed by atoms with Crippen molar-refractivity contribution in [3.05, 3.63) is 59.4 Å². The van der Waals surface area contributed by atoms with Gasteiger partial charge in [0.25, 0.3) is 5.91 Å². The fraction of sp³-hybridized carbons (Fsp3) is 0.250. The number of hydrogen-bond donors (Lipinski definition) is 0. The Labute approximate surface area is 179 Å². The highest BCUT2D eigenvalue weighted by molar-refractivity contribution is 6.30. The molecule has 0 radical (unpaired) electrons. The van der Waals surface area contributed by atoms with Crippen molar-refractivity contribution in [1.29, 1.82) is 0 Å². The largest absolute Gasteiger partial charge is 0.465 e. The quantitative estimate of drug-likeness (QED) is 0.495. The van der Waals surface area contributed by atoms with Crippen molar-refractivity contribution in [2.45, 2.75) is 13.1 Å². The summed E-state index contributed by atoms with van der Waals surface area (Å²) in [6.07, 6.45) is -3.32. The standard InChI is InChI=1S/C20H17ClF3N3O4/c1-2-30-18(28)11-26(12-20(22,23)24)19(29)15-10-16(17-7-4-8-31-17)27(25-15)14-6-3-5-13(21)9-14/h3-10H,2,11-12H2,1H3. The molecule has 0 aliphatic heterocycles. The molecule has 3 rings (SSSR count). The summed E-state index contributed by atoms with van der Waals surface area (Å²) in [5.74, 6) is -1.71. The summed E-state index contributed by atoms with van der Waals surface area (Å²) in [5, 5.41) is 4.56. The molecule has 0 fully saturated rings. The molecule has 1 amide bonds. The van der Waals surface area contributed by atoms with Crippen LogP contribution in [0.1, 0.15) is 17.4 Å². The maximum Gasteiger partial charge on any atom is 0.406 e. The molecule has 11 heteroatoms. The second-order valence-corrected chi connectivity index (χ2v) is 6.80. The molecular weight excluding hydrogens is 439 g/mol. The van der Waals surface area contributed by atoms with E-state index in [1.54, 1.807) is 36.4 Å². The van der Waals surface area contributed by atoms with Crippen LogP contribution in [0.3, 0.4) is 0 Å². The lowest BCUT2D eigenvalue weighted by Gasteiger charge is -2.22. The summed E-state index contributed by atoms with van der Waals surface area (Å²) < 4.78 is 50.5. The molecule has 0 N–H and O–H groups in total. The summed E-state index contributed by atoms with van der Waals surface area (Å²) in [7, 11) is 0. The minimum absolute atomic E-state index is 0.0289. The second-order valence-electron chi connectivity index (χ2n) is 6.37. The van der Waals surface area contributed by atoms with Crippen molar-refractivity contribution >= 4 is 23.5 Å². The number of ether oxygens (including phenoxy) is 1. The highest BCUT2D eigenvalue weighted by Gasteiger charge is 2.35. The Morgan fingerprint density at radius 1 is 1.23 bits per heavy atom. The first-order chi connectivity index (χ1) is 14.7. The van der Waals surface area contributed by atoms with Crippen LogP contribution < -0.4 is 0 Å². The predicted molar refractivity (Wildman–Crippen MR) is 105 cm³/mol. The normalized spacial score (nSPS) is 11.4. The van der Waals surface area contributed by atoms with E-state index in [9.17, 15) is 22.8 Å². The Kier molecular flexibility index (Phi) is 6.69. The highest BCUT2D eigenvalue weighted by Crippen LogP contribution is 2.27. The highest BCUT2D eigenvalue weighted by atomic mass is 35.5. The van der Waals surface area contributed by atoms with E-state index >= 15 is 0 Å². The van der Waals surface area contributed by atoms with Crippen LogP contribution in [0, 0.1) is 0 Å². The predicted octanol–water partition coefficient (Wildman–Crippen LogP) is 4.35. The van der Waals surface area contributed by atoms with E-state index in [-0.39, 0.29) is 12.3 Å². The number of amides is 1. The van der Waals surface area contributed by atoms with Crippen LogP contribution in [0.15, 0.2) is 53.1 Å². The number of nitrogens with zero attached hydrogens (tertiary/aromatic N) is 3. The summed E-state index contributed by atoms with van der Waals surface area (Å²) in [4.78, 5) is 25.0. The number of furan rings is 1. The number of benzene rings is 1. The molecule has 2 aromatic heterocycles. The number of halogens is 4. The summed E-state index contributed by atoms with van der Waals surface area (Å²) in [6, 6.07) is 11.0. The molecule has 0 saturated carbocycles. The van der Waals surface area contributed by atoms with Gasteiger partial charge in [-0.05, 0) is 37.3 Å². The Morgan fingerprint density at radius 2 is 2.00 bits per heavy atom. The number of carbonyl (C=O) groups is 2. The monoisotopic (exact) mass is 455 g/mol. The molecule has 0 spiro atoms. The first kappa shape index (κ1) is 22.4. The fourth-order valence-electron chi connectivity index (χ4n) is 2.83. The zero-order valence-corrected chi connectivity index (χ0v) is 17.0. The van der Waals surface area contributed by atoms with Gasteiger partial charge in [-0.1, -0.05) is 17.7 Å². The average Bonchev–Trinajstić information content (AvgIpc) is 3.35. The number of alkyl halides is 3. The lowest BCUT2D eigenvalue weighted by molar-refractivity contribution is -0.153. The van der Waals surface area contributed by atoms with Crippen LogP contribution in [0.25, 0.3) is 17.1 Å². The minimum Gasteiger partial charge on any atom is -0.465 e. The van der Waals surface area contributed by atoms with Gasteiger partial charge < -0.3 is 14.1 Å². The topological polar surface area (TPSA) is 77.6 Å². The third-order valence-corrected chi connectivity index (χ3v) is 4.27. The zero-order chi connectivity index (χ0) is 22.6. The first-order valence-electron chi connectivity index (χ1n) is 9.09. The number of aromatic nitrogens is 2.